The molecule has 0 saturated heterocycles. The highest BCUT2D eigenvalue weighted by atomic mass is 16.5. The molecule has 0 bridgehead atoms. The number of ether oxygens (including phenoxy) is 1. The molecule has 1 amide bonds. The molecule has 0 radical (unpaired) electrons. The van der Waals surface area contributed by atoms with Gasteiger partial charge < -0.3 is 10.1 Å². The van der Waals surface area contributed by atoms with Crippen molar-refractivity contribution in [3.8, 4) is 0 Å². The van der Waals surface area contributed by atoms with Crippen LogP contribution in [0.2, 0.25) is 0 Å². The Labute approximate surface area is 144 Å². The van der Waals surface area contributed by atoms with Gasteiger partial charge in [-0.25, -0.2) is 9.78 Å². The minimum absolute atomic E-state index is 0.0652. The molecule has 0 spiro atoms. The Kier molecular flexibility index (Phi) is 4.70. The minimum Gasteiger partial charge on any atom is -0.448 e. The van der Waals surface area contributed by atoms with Crippen LogP contribution in [-0.4, -0.2) is 27.9 Å². The van der Waals surface area contributed by atoms with E-state index in [0.29, 0.717) is 11.4 Å². The van der Waals surface area contributed by atoms with E-state index in [9.17, 15) is 9.59 Å². The van der Waals surface area contributed by atoms with E-state index in [-0.39, 0.29) is 5.69 Å². The first-order chi connectivity index (χ1) is 12.0. The third-order valence-electron chi connectivity index (χ3n) is 3.69. The number of anilines is 1. The monoisotopic (exact) mass is 335 g/mol. The molecule has 3 rings (SSSR count). The van der Waals surface area contributed by atoms with E-state index in [1.54, 1.807) is 13.0 Å². The van der Waals surface area contributed by atoms with Gasteiger partial charge in [0.25, 0.3) is 5.91 Å². The van der Waals surface area contributed by atoms with Crippen molar-refractivity contribution in [3.63, 3.8) is 0 Å². The molecule has 3 aromatic rings. The second-order valence-corrected chi connectivity index (χ2v) is 5.61. The fourth-order valence-corrected chi connectivity index (χ4v) is 2.34. The number of nitrogens with zero attached hydrogens (tertiary/aromatic N) is 2. The van der Waals surface area contributed by atoms with Gasteiger partial charge in [0.1, 0.15) is 0 Å². The van der Waals surface area contributed by atoms with Crippen molar-refractivity contribution in [2.24, 2.45) is 0 Å². The van der Waals surface area contributed by atoms with Crippen LogP contribution in [0, 0.1) is 6.92 Å². The summed E-state index contributed by atoms with van der Waals surface area (Å²) in [6.07, 6.45) is 1.83. The number of hydrogen-bond donors (Lipinski definition) is 1. The second-order valence-electron chi connectivity index (χ2n) is 5.61. The number of fused-ring (bicyclic) bond motifs is 1. The smallest absolute Gasteiger partial charge is 0.359 e. The van der Waals surface area contributed by atoms with Gasteiger partial charge in [-0.15, -0.1) is 0 Å². The number of amides is 1. The van der Waals surface area contributed by atoms with Crippen LogP contribution >= 0.6 is 0 Å². The molecule has 25 heavy (non-hydrogen) atoms. The van der Waals surface area contributed by atoms with Crippen LogP contribution in [0.4, 0.5) is 5.69 Å². The molecular weight excluding hydrogens is 318 g/mol. The molecule has 2 aromatic carbocycles. The molecule has 1 atom stereocenters. The van der Waals surface area contributed by atoms with Crippen LogP contribution in [0.3, 0.4) is 0 Å². The highest BCUT2D eigenvalue weighted by molar-refractivity contribution is 6.04. The molecule has 6 heteroatoms. The Hall–Kier alpha value is -3.28. The summed E-state index contributed by atoms with van der Waals surface area (Å²) in [4.78, 5) is 32.3. The van der Waals surface area contributed by atoms with Crippen molar-refractivity contribution in [1.29, 1.82) is 0 Å². The van der Waals surface area contributed by atoms with Gasteiger partial charge in [-0.1, -0.05) is 36.4 Å². The average molecular weight is 335 g/mol. The quantitative estimate of drug-likeness (QED) is 0.741. The number of rotatable bonds is 4. The summed E-state index contributed by atoms with van der Waals surface area (Å²) in [5, 5.41) is 4.73. The topological polar surface area (TPSA) is 81.2 Å². The Bertz CT molecular complexity index is 917. The zero-order valence-electron chi connectivity index (χ0n) is 13.9. The van der Waals surface area contributed by atoms with Gasteiger partial charge in [-0.05, 0) is 25.3 Å². The predicted octanol–water partition coefficient (Wildman–Crippen LogP) is 3.12. The van der Waals surface area contributed by atoms with Crippen molar-refractivity contribution in [2.75, 3.05) is 5.32 Å². The number of carbonyl (C=O) groups excluding carboxylic acids is 2. The number of carbonyl (C=O) groups is 2. The maximum Gasteiger partial charge on any atom is 0.359 e. The van der Waals surface area contributed by atoms with Crippen LogP contribution in [0.5, 0.6) is 0 Å². The van der Waals surface area contributed by atoms with E-state index in [4.69, 9.17) is 4.74 Å². The van der Waals surface area contributed by atoms with Gasteiger partial charge in [0.05, 0.1) is 11.9 Å². The molecule has 6 nitrogen and oxygen atoms in total. The van der Waals surface area contributed by atoms with Crippen LogP contribution in [0.1, 0.15) is 23.1 Å². The van der Waals surface area contributed by atoms with E-state index >= 15 is 0 Å². The highest BCUT2D eigenvalue weighted by Crippen LogP contribution is 2.23. The Morgan fingerprint density at radius 2 is 1.80 bits per heavy atom. The molecule has 126 valence electrons. The van der Waals surface area contributed by atoms with Crippen LogP contribution in [-0.2, 0) is 9.53 Å². The van der Waals surface area contributed by atoms with Crippen LogP contribution in [0.15, 0.2) is 54.9 Å². The maximum absolute atomic E-state index is 12.4. The fraction of sp³-hybridized carbons (Fsp3) is 0.158. The molecule has 0 fully saturated rings. The predicted molar refractivity (Wildman–Crippen MR) is 94.2 cm³/mol. The van der Waals surface area contributed by atoms with Gasteiger partial charge in [0.2, 0.25) is 0 Å². The van der Waals surface area contributed by atoms with Crippen molar-refractivity contribution < 1.29 is 14.3 Å². The van der Waals surface area contributed by atoms with Crippen molar-refractivity contribution in [3.05, 3.63) is 66.2 Å². The molecule has 1 heterocycles. The van der Waals surface area contributed by atoms with Crippen LogP contribution < -0.4 is 5.32 Å². The molecule has 0 aliphatic heterocycles. The summed E-state index contributed by atoms with van der Waals surface area (Å²) in [6, 6.07) is 13.3. The summed E-state index contributed by atoms with van der Waals surface area (Å²) >= 11 is 0. The molecule has 0 saturated carbocycles. The summed E-state index contributed by atoms with van der Waals surface area (Å²) in [7, 11) is 0. The van der Waals surface area contributed by atoms with Gasteiger partial charge >= 0.3 is 5.97 Å². The van der Waals surface area contributed by atoms with Gasteiger partial charge in [-0.2, -0.15) is 0 Å². The first-order valence-corrected chi connectivity index (χ1v) is 7.83. The number of aromatic nitrogens is 2. The lowest BCUT2D eigenvalue weighted by Gasteiger charge is -2.14. The average Bonchev–Trinajstić information content (AvgIpc) is 2.62. The normalized spacial score (nSPS) is 11.8. The van der Waals surface area contributed by atoms with E-state index in [2.05, 4.69) is 15.3 Å². The lowest BCUT2D eigenvalue weighted by molar-refractivity contribution is -0.123. The minimum atomic E-state index is -0.963. The SMILES string of the molecule is Cc1cnc(C(=O)O[C@@H](C)C(=O)Nc2cccc3ccccc23)cn1. The highest BCUT2D eigenvalue weighted by Gasteiger charge is 2.20. The number of benzene rings is 2. The zero-order chi connectivity index (χ0) is 17.8. The Morgan fingerprint density at radius 1 is 1.04 bits per heavy atom. The molecule has 1 aromatic heterocycles. The number of aryl methyl sites for hydroxylation is 1. The Balaban J connectivity index is 1.70. The summed E-state index contributed by atoms with van der Waals surface area (Å²) in [6.45, 7) is 3.28. The van der Waals surface area contributed by atoms with Gasteiger partial charge in [-0.3, -0.25) is 9.78 Å². The lowest BCUT2D eigenvalue weighted by atomic mass is 10.1. The molecular formula is C19H17N3O3. The number of hydrogen-bond acceptors (Lipinski definition) is 5. The van der Waals surface area contributed by atoms with E-state index in [0.717, 1.165) is 10.8 Å². The number of nitrogens with one attached hydrogen (secondary N) is 1. The lowest BCUT2D eigenvalue weighted by Crippen LogP contribution is -2.30. The maximum atomic E-state index is 12.4. The zero-order valence-corrected chi connectivity index (χ0v) is 13.9. The third kappa shape index (κ3) is 3.80. The summed E-state index contributed by atoms with van der Waals surface area (Å²) < 4.78 is 5.17. The van der Waals surface area contributed by atoms with Gasteiger partial charge in [0, 0.05) is 17.3 Å². The third-order valence-corrected chi connectivity index (χ3v) is 3.69. The Morgan fingerprint density at radius 3 is 2.56 bits per heavy atom. The van der Waals surface area contributed by atoms with E-state index in [1.165, 1.54) is 19.3 Å². The van der Waals surface area contributed by atoms with Crippen molar-refractivity contribution >= 4 is 28.3 Å². The first-order valence-electron chi connectivity index (χ1n) is 7.83. The van der Waals surface area contributed by atoms with E-state index < -0.39 is 18.0 Å². The van der Waals surface area contributed by atoms with Crippen LogP contribution in [0.25, 0.3) is 10.8 Å². The second kappa shape index (κ2) is 7.09. The standard InChI is InChI=1S/C19H17N3O3/c1-12-10-21-17(11-20-12)19(24)25-13(2)18(23)22-16-9-5-7-14-6-3-4-8-15(14)16/h3-11,13H,1-2H3,(H,22,23)/t13-/m0/s1. The molecule has 0 aliphatic carbocycles. The summed E-state index contributed by atoms with van der Waals surface area (Å²) in [5.74, 6) is -1.10. The van der Waals surface area contributed by atoms with Crippen molar-refractivity contribution in [2.45, 2.75) is 20.0 Å². The first kappa shape index (κ1) is 16.6. The molecule has 0 unspecified atom stereocenters. The fourth-order valence-electron chi connectivity index (χ4n) is 2.34. The molecule has 0 aliphatic rings. The van der Waals surface area contributed by atoms with Crippen molar-refractivity contribution in [1.82, 2.24) is 9.97 Å². The summed E-state index contributed by atoms with van der Waals surface area (Å²) in [5.41, 5.74) is 1.43. The largest absolute Gasteiger partial charge is 0.448 e. The number of esters is 1. The van der Waals surface area contributed by atoms with Gasteiger partial charge in [0.15, 0.2) is 11.8 Å². The molecule has 1 N–H and O–H groups in total. The van der Waals surface area contributed by atoms with E-state index in [1.807, 2.05) is 36.4 Å².